The van der Waals surface area contributed by atoms with Crippen molar-refractivity contribution in [2.24, 2.45) is 0 Å². The lowest BCUT2D eigenvalue weighted by Gasteiger charge is -2.34. The van der Waals surface area contributed by atoms with E-state index in [4.69, 9.17) is 9.26 Å². The van der Waals surface area contributed by atoms with Crippen LogP contribution in [0, 0.1) is 5.82 Å². The van der Waals surface area contributed by atoms with Crippen LogP contribution in [-0.4, -0.2) is 54.2 Å². The summed E-state index contributed by atoms with van der Waals surface area (Å²) in [5, 5.41) is 4.96. The minimum atomic E-state index is -0.359. The van der Waals surface area contributed by atoms with Gasteiger partial charge in [0.2, 0.25) is 0 Å². The Morgan fingerprint density at radius 2 is 1.82 bits per heavy atom. The molecule has 6 nitrogen and oxygen atoms in total. The van der Waals surface area contributed by atoms with Gasteiger partial charge in [0, 0.05) is 43.9 Å². The highest BCUT2D eigenvalue weighted by Crippen LogP contribution is 2.29. The van der Waals surface area contributed by atoms with Crippen LogP contribution < -0.4 is 4.74 Å². The van der Waals surface area contributed by atoms with Gasteiger partial charge in [0.25, 0.3) is 5.91 Å². The van der Waals surface area contributed by atoms with E-state index in [1.165, 1.54) is 13.2 Å². The molecule has 33 heavy (non-hydrogen) atoms. The number of amides is 1. The van der Waals surface area contributed by atoms with Crippen molar-refractivity contribution in [3.05, 3.63) is 83.7 Å². The standard InChI is InChI=1S/C26H24FN3O3/c1-32-24-10-7-18(15-22(24)27)17-29-11-13-30(14-12-29)26(31)20-8-9-23-21(16-20)25(33-28-23)19-5-3-2-4-6-19/h2-10,15-16H,11-14,17H2,1H3. The zero-order chi connectivity index (χ0) is 22.8. The number of hydrogen-bond acceptors (Lipinski definition) is 5. The molecule has 0 aliphatic carbocycles. The van der Waals surface area contributed by atoms with Gasteiger partial charge in [-0.2, -0.15) is 0 Å². The van der Waals surface area contributed by atoms with E-state index in [9.17, 15) is 9.18 Å². The third-order valence-electron chi connectivity index (χ3n) is 6.04. The topological polar surface area (TPSA) is 58.8 Å². The summed E-state index contributed by atoms with van der Waals surface area (Å²) in [6.07, 6.45) is 0. The smallest absolute Gasteiger partial charge is 0.253 e. The molecule has 1 aliphatic rings. The highest BCUT2D eigenvalue weighted by Gasteiger charge is 2.23. The van der Waals surface area contributed by atoms with E-state index in [0.29, 0.717) is 31.0 Å². The lowest BCUT2D eigenvalue weighted by molar-refractivity contribution is 0.0628. The van der Waals surface area contributed by atoms with Gasteiger partial charge >= 0.3 is 0 Å². The molecule has 1 aliphatic heterocycles. The number of piperazine rings is 1. The number of ether oxygens (including phenoxy) is 1. The molecule has 1 aromatic heterocycles. The first-order valence-corrected chi connectivity index (χ1v) is 10.9. The highest BCUT2D eigenvalue weighted by molar-refractivity contribution is 6.01. The second-order valence-electron chi connectivity index (χ2n) is 8.15. The number of aromatic nitrogens is 1. The molecular weight excluding hydrogens is 421 g/mol. The number of carbonyl (C=O) groups is 1. The van der Waals surface area contributed by atoms with Crippen molar-refractivity contribution < 1.29 is 18.4 Å². The Morgan fingerprint density at radius 3 is 2.55 bits per heavy atom. The molecule has 3 aromatic carbocycles. The van der Waals surface area contributed by atoms with Crippen LogP contribution in [0.1, 0.15) is 15.9 Å². The molecule has 0 unspecified atom stereocenters. The predicted molar refractivity (Wildman–Crippen MR) is 124 cm³/mol. The van der Waals surface area contributed by atoms with Gasteiger partial charge in [-0.15, -0.1) is 0 Å². The van der Waals surface area contributed by atoms with E-state index >= 15 is 0 Å². The summed E-state index contributed by atoms with van der Waals surface area (Å²) in [7, 11) is 1.46. The second kappa shape index (κ2) is 9.03. The lowest BCUT2D eigenvalue weighted by atomic mass is 10.1. The van der Waals surface area contributed by atoms with Crippen molar-refractivity contribution in [2.45, 2.75) is 6.54 Å². The molecule has 0 saturated carbocycles. The maximum absolute atomic E-state index is 14.0. The fourth-order valence-corrected chi connectivity index (χ4v) is 4.23. The molecule has 0 bridgehead atoms. The van der Waals surface area contributed by atoms with Crippen molar-refractivity contribution in [2.75, 3.05) is 33.3 Å². The Morgan fingerprint density at radius 1 is 1.03 bits per heavy atom. The fraction of sp³-hybridized carbons (Fsp3) is 0.231. The van der Waals surface area contributed by atoms with Gasteiger partial charge in [-0.1, -0.05) is 41.6 Å². The quantitative estimate of drug-likeness (QED) is 0.449. The normalized spacial score (nSPS) is 14.5. The zero-order valence-corrected chi connectivity index (χ0v) is 18.3. The Kier molecular flexibility index (Phi) is 5.79. The molecule has 4 aromatic rings. The number of benzene rings is 3. The van der Waals surface area contributed by atoms with Gasteiger partial charge < -0.3 is 14.2 Å². The molecule has 7 heteroatoms. The molecule has 1 fully saturated rings. The van der Waals surface area contributed by atoms with Crippen molar-refractivity contribution in [1.82, 2.24) is 15.0 Å². The van der Waals surface area contributed by atoms with Crippen molar-refractivity contribution in [3.8, 4) is 17.1 Å². The van der Waals surface area contributed by atoms with E-state index in [1.807, 2.05) is 53.4 Å². The van der Waals surface area contributed by atoms with Gasteiger partial charge in [0.15, 0.2) is 17.3 Å². The highest BCUT2D eigenvalue weighted by atomic mass is 19.1. The maximum atomic E-state index is 14.0. The second-order valence-corrected chi connectivity index (χ2v) is 8.15. The minimum Gasteiger partial charge on any atom is -0.494 e. The Bertz CT molecular complexity index is 1280. The number of hydrogen-bond donors (Lipinski definition) is 0. The number of fused-ring (bicyclic) bond motifs is 1. The third-order valence-corrected chi connectivity index (χ3v) is 6.04. The summed E-state index contributed by atoms with van der Waals surface area (Å²) in [5.41, 5.74) is 3.16. The van der Waals surface area contributed by atoms with Crippen LogP contribution in [0.15, 0.2) is 71.3 Å². The molecule has 0 atom stereocenters. The Hall–Kier alpha value is -3.71. The molecule has 2 heterocycles. The average Bonchev–Trinajstić information content (AvgIpc) is 3.28. The number of halogens is 1. The Labute approximate surface area is 191 Å². The van der Waals surface area contributed by atoms with Gasteiger partial charge in [0.1, 0.15) is 5.52 Å². The van der Waals surface area contributed by atoms with Gasteiger partial charge in [-0.25, -0.2) is 4.39 Å². The third kappa shape index (κ3) is 4.32. The minimum absolute atomic E-state index is 0.00717. The van der Waals surface area contributed by atoms with Crippen LogP contribution in [0.25, 0.3) is 22.2 Å². The van der Waals surface area contributed by atoms with Crippen LogP contribution in [-0.2, 0) is 6.54 Å². The van der Waals surface area contributed by atoms with Crippen LogP contribution in [0.3, 0.4) is 0 Å². The van der Waals surface area contributed by atoms with Crippen LogP contribution in [0.5, 0.6) is 5.75 Å². The van der Waals surface area contributed by atoms with Crippen molar-refractivity contribution >= 4 is 16.8 Å². The summed E-state index contributed by atoms with van der Waals surface area (Å²) in [4.78, 5) is 17.3. The number of rotatable bonds is 5. The van der Waals surface area contributed by atoms with Crippen LogP contribution in [0.4, 0.5) is 4.39 Å². The summed E-state index contributed by atoms with van der Waals surface area (Å²) >= 11 is 0. The first-order valence-electron chi connectivity index (χ1n) is 10.9. The van der Waals surface area contributed by atoms with Crippen LogP contribution in [0.2, 0.25) is 0 Å². The average molecular weight is 445 g/mol. The van der Waals surface area contributed by atoms with Gasteiger partial charge in [0.05, 0.1) is 12.5 Å². The molecule has 5 rings (SSSR count). The van der Waals surface area contributed by atoms with E-state index in [0.717, 1.165) is 35.1 Å². The number of methoxy groups -OCH3 is 1. The monoisotopic (exact) mass is 445 g/mol. The summed E-state index contributed by atoms with van der Waals surface area (Å²) in [5.74, 6) is 0.543. The first kappa shape index (κ1) is 21.2. The largest absolute Gasteiger partial charge is 0.494 e. The summed E-state index contributed by atoms with van der Waals surface area (Å²) in [6, 6.07) is 20.3. The maximum Gasteiger partial charge on any atom is 0.253 e. The number of carbonyl (C=O) groups excluding carboxylic acids is 1. The zero-order valence-electron chi connectivity index (χ0n) is 18.3. The molecule has 1 amide bonds. The molecule has 0 radical (unpaired) electrons. The molecular formula is C26H24FN3O3. The van der Waals surface area contributed by atoms with E-state index in [1.54, 1.807) is 12.1 Å². The van der Waals surface area contributed by atoms with Crippen molar-refractivity contribution in [3.63, 3.8) is 0 Å². The van der Waals surface area contributed by atoms with E-state index < -0.39 is 0 Å². The lowest BCUT2D eigenvalue weighted by Crippen LogP contribution is -2.48. The molecule has 1 saturated heterocycles. The van der Waals surface area contributed by atoms with E-state index in [2.05, 4.69) is 10.1 Å². The van der Waals surface area contributed by atoms with Crippen LogP contribution >= 0.6 is 0 Å². The molecule has 168 valence electrons. The molecule has 0 N–H and O–H groups in total. The van der Waals surface area contributed by atoms with Gasteiger partial charge in [-0.05, 0) is 35.9 Å². The van der Waals surface area contributed by atoms with E-state index in [-0.39, 0.29) is 17.5 Å². The molecule has 0 spiro atoms. The van der Waals surface area contributed by atoms with Crippen molar-refractivity contribution in [1.29, 1.82) is 0 Å². The predicted octanol–water partition coefficient (Wildman–Crippen LogP) is 4.60. The Balaban J connectivity index is 1.27. The fourth-order valence-electron chi connectivity index (χ4n) is 4.23. The SMILES string of the molecule is COc1ccc(CN2CCN(C(=O)c3ccc4noc(-c5ccccc5)c4c3)CC2)cc1F. The summed E-state index contributed by atoms with van der Waals surface area (Å²) < 4.78 is 24.5. The summed E-state index contributed by atoms with van der Waals surface area (Å²) in [6.45, 7) is 3.32. The number of nitrogens with zero attached hydrogens (tertiary/aromatic N) is 3. The first-order chi connectivity index (χ1) is 16.1. The van der Waals surface area contributed by atoms with Gasteiger partial charge in [-0.3, -0.25) is 9.69 Å².